The molecule has 0 atom stereocenters. The highest BCUT2D eigenvalue weighted by Gasteiger charge is 2.27. The number of sulfonamides is 1. The van der Waals surface area contributed by atoms with Crippen LogP contribution in [0, 0.1) is 11.3 Å². The average molecular weight is 478 g/mol. The van der Waals surface area contributed by atoms with Gasteiger partial charge >= 0.3 is 0 Å². The fourth-order valence-electron chi connectivity index (χ4n) is 3.61. The lowest BCUT2D eigenvalue weighted by molar-refractivity contribution is -0.116. The number of carbonyl (C=O) groups is 1. The first-order valence-corrected chi connectivity index (χ1v) is 12.1. The Morgan fingerprint density at radius 2 is 1.88 bits per heavy atom. The van der Waals surface area contributed by atoms with Crippen LogP contribution in [-0.4, -0.2) is 61.8 Å². The number of nitrogens with zero attached hydrogens (tertiary/aromatic N) is 4. The molecular weight excluding hydrogens is 454 g/mol. The van der Waals surface area contributed by atoms with E-state index in [9.17, 15) is 18.5 Å². The maximum Gasteiger partial charge on any atom is 0.261 e. The van der Waals surface area contributed by atoms with Gasteiger partial charge in [0.2, 0.25) is 10.0 Å². The highest BCUT2D eigenvalue weighted by atomic mass is 32.2. The molecule has 0 unspecified atom stereocenters. The van der Waals surface area contributed by atoms with E-state index in [0.717, 1.165) is 5.69 Å². The first-order chi connectivity index (χ1) is 16.4. The van der Waals surface area contributed by atoms with E-state index in [-0.39, 0.29) is 10.5 Å². The number of nitrogens with one attached hydrogen (secondary N) is 1. The van der Waals surface area contributed by atoms with E-state index in [2.05, 4.69) is 10.4 Å². The Labute approximate surface area is 197 Å². The van der Waals surface area contributed by atoms with Gasteiger partial charge in [0.05, 0.1) is 23.8 Å². The van der Waals surface area contributed by atoms with E-state index in [1.807, 2.05) is 36.4 Å². The molecule has 1 saturated heterocycles. The van der Waals surface area contributed by atoms with Crippen molar-refractivity contribution in [2.24, 2.45) is 0 Å². The second-order valence-corrected chi connectivity index (χ2v) is 9.44. The van der Waals surface area contributed by atoms with Gasteiger partial charge in [-0.05, 0) is 30.3 Å². The molecule has 1 amide bonds. The molecule has 34 heavy (non-hydrogen) atoms. The molecule has 4 rings (SSSR count). The zero-order chi connectivity index (χ0) is 24.1. The Kier molecular flexibility index (Phi) is 6.88. The van der Waals surface area contributed by atoms with Crippen LogP contribution >= 0.6 is 0 Å². The predicted octanol–water partition coefficient (Wildman–Crippen LogP) is 2.21. The van der Waals surface area contributed by atoms with Crippen LogP contribution in [0.25, 0.3) is 23.0 Å². The highest BCUT2D eigenvalue weighted by molar-refractivity contribution is 7.89. The third-order valence-electron chi connectivity index (χ3n) is 5.37. The fraction of sp³-hybridized carbons (Fsp3) is 0.208. The number of likely N-dealkylation sites (N-methyl/N-ethyl adjacent to an activating group) is 1. The monoisotopic (exact) mass is 477 g/mol. The smallest absolute Gasteiger partial charge is 0.261 e. The standard InChI is InChI=1S/C24H23N5O4S/c1-26-24(30)19(16-25)14-20-17-29(21-7-3-2-4-8-21)27-23(20)18-6-5-9-22(15-18)34(31,32)28-10-12-33-13-11-28/h2-9,14-15,17H,10-13H2,1H3,(H,26,30)/b19-14-. The van der Waals surface area contributed by atoms with Crippen LogP contribution in [0.5, 0.6) is 0 Å². The lowest BCUT2D eigenvalue weighted by Gasteiger charge is -2.26. The van der Waals surface area contributed by atoms with Crippen molar-refractivity contribution in [2.75, 3.05) is 33.4 Å². The molecule has 0 aliphatic carbocycles. The van der Waals surface area contributed by atoms with E-state index < -0.39 is 15.9 Å². The maximum atomic E-state index is 13.2. The van der Waals surface area contributed by atoms with Crippen LogP contribution < -0.4 is 5.32 Å². The van der Waals surface area contributed by atoms with Crippen molar-refractivity contribution in [1.82, 2.24) is 19.4 Å². The van der Waals surface area contributed by atoms with Gasteiger partial charge in [0.25, 0.3) is 5.91 Å². The third kappa shape index (κ3) is 4.77. The molecule has 0 saturated carbocycles. The number of hydrogen-bond acceptors (Lipinski definition) is 6. The summed E-state index contributed by atoms with van der Waals surface area (Å²) in [6, 6.07) is 17.8. The molecule has 2 aromatic carbocycles. The molecular formula is C24H23N5O4S. The van der Waals surface area contributed by atoms with Crippen molar-refractivity contribution >= 4 is 22.0 Å². The Bertz CT molecular complexity index is 1370. The molecule has 174 valence electrons. The molecule has 1 aliphatic rings. The number of para-hydroxylation sites is 1. The first kappa shape index (κ1) is 23.4. The van der Waals surface area contributed by atoms with Gasteiger partial charge < -0.3 is 10.1 Å². The van der Waals surface area contributed by atoms with Gasteiger partial charge in [0.1, 0.15) is 17.3 Å². The molecule has 1 fully saturated rings. The van der Waals surface area contributed by atoms with E-state index in [1.165, 1.54) is 17.4 Å². The number of hydrogen-bond donors (Lipinski definition) is 1. The summed E-state index contributed by atoms with van der Waals surface area (Å²) in [6.07, 6.45) is 3.15. The zero-order valence-electron chi connectivity index (χ0n) is 18.5. The lowest BCUT2D eigenvalue weighted by atomic mass is 10.1. The minimum absolute atomic E-state index is 0.0894. The number of carbonyl (C=O) groups excluding carboxylic acids is 1. The summed E-state index contributed by atoms with van der Waals surface area (Å²) in [5.41, 5.74) is 2.18. The molecule has 3 aromatic rings. The second kappa shape index (κ2) is 10.0. The molecule has 10 heteroatoms. The SMILES string of the molecule is CNC(=O)/C(C#N)=C\c1cn(-c2ccccc2)nc1-c1cccc(S(=O)(=O)N2CCOCC2)c1. The Morgan fingerprint density at radius 3 is 2.56 bits per heavy atom. The molecule has 1 N–H and O–H groups in total. The summed E-state index contributed by atoms with van der Waals surface area (Å²) < 4.78 is 34.6. The number of morpholine rings is 1. The summed E-state index contributed by atoms with van der Waals surface area (Å²) in [6.45, 7) is 1.29. The van der Waals surface area contributed by atoms with Crippen LogP contribution in [0.15, 0.2) is 71.3 Å². The fourth-order valence-corrected chi connectivity index (χ4v) is 5.06. The molecule has 0 spiro atoms. The largest absolute Gasteiger partial charge is 0.379 e. The average Bonchev–Trinajstić information content (AvgIpc) is 3.32. The van der Waals surface area contributed by atoms with Gasteiger partial charge in [-0.15, -0.1) is 0 Å². The number of nitriles is 1. The van der Waals surface area contributed by atoms with Crippen molar-refractivity contribution in [1.29, 1.82) is 5.26 Å². The maximum absolute atomic E-state index is 13.2. The number of rotatable bonds is 6. The van der Waals surface area contributed by atoms with Gasteiger partial charge in [-0.25, -0.2) is 13.1 Å². The van der Waals surface area contributed by atoms with Crippen molar-refractivity contribution in [3.63, 3.8) is 0 Å². The molecule has 0 radical (unpaired) electrons. The molecule has 1 aliphatic heterocycles. The number of aromatic nitrogens is 2. The van der Waals surface area contributed by atoms with Crippen LogP contribution in [0.2, 0.25) is 0 Å². The molecule has 9 nitrogen and oxygen atoms in total. The van der Waals surface area contributed by atoms with Gasteiger partial charge in [0, 0.05) is 37.5 Å². The van der Waals surface area contributed by atoms with E-state index in [4.69, 9.17) is 4.74 Å². The zero-order valence-corrected chi connectivity index (χ0v) is 19.3. The van der Waals surface area contributed by atoms with Gasteiger partial charge in [-0.2, -0.15) is 14.7 Å². The molecule has 0 bridgehead atoms. The van der Waals surface area contributed by atoms with Crippen molar-refractivity contribution in [3.8, 4) is 23.0 Å². The number of ether oxygens (including phenoxy) is 1. The molecule has 1 aromatic heterocycles. The van der Waals surface area contributed by atoms with E-state index in [1.54, 1.807) is 35.1 Å². The second-order valence-electron chi connectivity index (χ2n) is 7.51. The van der Waals surface area contributed by atoms with Crippen LogP contribution in [0.3, 0.4) is 0 Å². The summed E-state index contributed by atoms with van der Waals surface area (Å²) >= 11 is 0. The highest BCUT2D eigenvalue weighted by Crippen LogP contribution is 2.29. The number of amides is 1. The summed E-state index contributed by atoms with van der Waals surface area (Å²) in [7, 11) is -2.26. The normalized spacial score (nSPS) is 15.0. The van der Waals surface area contributed by atoms with E-state index >= 15 is 0 Å². The summed E-state index contributed by atoms with van der Waals surface area (Å²) in [5.74, 6) is -0.524. The Balaban J connectivity index is 1.83. The van der Waals surface area contributed by atoms with Crippen LogP contribution in [-0.2, 0) is 19.6 Å². The quantitative estimate of drug-likeness (QED) is 0.430. The Morgan fingerprint density at radius 1 is 1.15 bits per heavy atom. The predicted molar refractivity (Wildman–Crippen MR) is 126 cm³/mol. The Hall–Kier alpha value is -3.78. The van der Waals surface area contributed by atoms with Crippen molar-refractivity contribution in [3.05, 3.63) is 71.9 Å². The summed E-state index contributed by atoms with van der Waals surface area (Å²) in [4.78, 5) is 12.3. The van der Waals surface area contributed by atoms with Gasteiger partial charge in [-0.3, -0.25) is 4.79 Å². The minimum Gasteiger partial charge on any atom is -0.379 e. The van der Waals surface area contributed by atoms with Crippen molar-refractivity contribution in [2.45, 2.75) is 4.90 Å². The third-order valence-corrected chi connectivity index (χ3v) is 7.27. The van der Waals surface area contributed by atoms with E-state index in [0.29, 0.717) is 43.1 Å². The summed E-state index contributed by atoms with van der Waals surface area (Å²) in [5, 5.41) is 16.6. The topological polar surface area (TPSA) is 117 Å². The van der Waals surface area contributed by atoms with Gasteiger partial charge in [0.15, 0.2) is 0 Å². The van der Waals surface area contributed by atoms with Gasteiger partial charge in [-0.1, -0.05) is 30.3 Å². The minimum atomic E-state index is -3.71. The van der Waals surface area contributed by atoms with Crippen LogP contribution in [0.1, 0.15) is 5.56 Å². The number of benzene rings is 2. The van der Waals surface area contributed by atoms with Crippen molar-refractivity contribution < 1.29 is 17.9 Å². The lowest BCUT2D eigenvalue weighted by Crippen LogP contribution is -2.40. The molecule has 2 heterocycles. The van der Waals surface area contributed by atoms with Crippen LogP contribution in [0.4, 0.5) is 0 Å². The first-order valence-electron chi connectivity index (χ1n) is 10.6.